The maximum Gasteiger partial charge on any atom is 0.319 e. The molecule has 0 radical (unpaired) electrons. The fourth-order valence-electron chi connectivity index (χ4n) is 2.62. The molecule has 0 atom stereocenters. The topological polar surface area (TPSA) is 41.1 Å². The Hall–Kier alpha value is -2.07. The summed E-state index contributed by atoms with van der Waals surface area (Å²) in [6, 6.07) is 11.6. The average molecular weight is 333 g/mol. The molecule has 0 saturated heterocycles. The monoisotopic (exact) mass is 332 g/mol. The molecule has 0 bridgehead atoms. The lowest BCUT2D eigenvalue weighted by Gasteiger charge is -2.17. The number of benzene rings is 2. The number of carbonyl (C=O) groups is 1. The van der Waals surface area contributed by atoms with Crippen LogP contribution in [0.4, 0.5) is 14.9 Å². The molecule has 2 amide bonds. The van der Waals surface area contributed by atoms with E-state index in [0.717, 1.165) is 24.0 Å². The van der Waals surface area contributed by atoms with Crippen LogP contribution in [0, 0.1) is 12.7 Å². The SMILES string of the molecule is Cc1ccc(NC(=O)NCC2(c3ccc(F)cc3)CC2)cc1Cl. The fourth-order valence-corrected chi connectivity index (χ4v) is 2.80. The van der Waals surface area contributed by atoms with Crippen LogP contribution in [0.2, 0.25) is 5.02 Å². The number of halogens is 2. The zero-order valence-corrected chi connectivity index (χ0v) is 13.6. The number of anilines is 1. The van der Waals surface area contributed by atoms with Gasteiger partial charge in [-0.1, -0.05) is 29.8 Å². The van der Waals surface area contributed by atoms with E-state index in [1.54, 1.807) is 18.2 Å². The molecule has 2 aromatic carbocycles. The second-order valence-electron chi connectivity index (χ2n) is 6.06. The van der Waals surface area contributed by atoms with E-state index >= 15 is 0 Å². The van der Waals surface area contributed by atoms with E-state index in [-0.39, 0.29) is 17.3 Å². The van der Waals surface area contributed by atoms with Crippen molar-refractivity contribution in [2.24, 2.45) is 0 Å². The van der Waals surface area contributed by atoms with Crippen LogP contribution in [0.3, 0.4) is 0 Å². The molecule has 1 aliphatic carbocycles. The normalized spacial score (nSPS) is 15.1. The van der Waals surface area contributed by atoms with Crippen LogP contribution in [0.5, 0.6) is 0 Å². The van der Waals surface area contributed by atoms with Crippen molar-refractivity contribution in [3.8, 4) is 0 Å². The molecule has 120 valence electrons. The van der Waals surface area contributed by atoms with Crippen molar-refractivity contribution in [1.82, 2.24) is 5.32 Å². The van der Waals surface area contributed by atoms with Gasteiger partial charge in [0, 0.05) is 22.7 Å². The standard InChI is InChI=1S/C18H18ClFN2O/c1-12-2-7-15(10-16(12)19)22-17(23)21-11-18(8-9-18)13-3-5-14(20)6-4-13/h2-7,10H,8-9,11H2,1H3,(H2,21,22,23). The van der Waals surface area contributed by atoms with E-state index in [0.29, 0.717) is 17.3 Å². The van der Waals surface area contributed by atoms with E-state index in [4.69, 9.17) is 11.6 Å². The van der Waals surface area contributed by atoms with Crippen molar-refractivity contribution in [2.45, 2.75) is 25.2 Å². The molecule has 0 aliphatic heterocycles. The second-order valence-corrected chi connectivity index (χ2v) is 6.47. The lowest BCUT2D eigenvalue weighted by Crippen LogP contribution is -2.35. The first kappa shape index (κ1) is 15.8. The van der Waals surface area contributed by atoms with Crippen LogP contribution in [0.1, 0.15) is 24.0 Å². The van der Waals surface area contributed by atoms with Crippen molar-refractivity contribution < 1.29 is 9.18 Å². The fraction of sp³-hybridized carbons (Fsp3) is 0.278. The van der Waals surface area contributed by atoms with Crippen LogP contribution in [-0.2, 0) is 5.41 Å². The highest BCUT2D eigenvalue weighted by molar-refractivity contribution is 6.31. The van der Waals surface area contributed by atoms with E-state index in [1.807, 2.05) is 19.1 Å². The molecule has 1 saturated carbocycles. The molecule has 0 unspecified atom stereocenters. The van der Waals surface area contributed by atoms with Gasteiger partial charge in [-0.15, -0.1) is 0 Å². The molecule has 1 fully saturated rings. The van der Waals surface area contributed by atoms with Crippen molar-refractivity contribution >= 4 is 23.3 Å². The van der Waals surface area contributed by atoms with Crippen molar-refractivity contribution in [1.29, 1.82) is 0 Å². The van der Waals surface area contributed by atoms with Gasteiger partial charge in [-0.3, -0.25) is 0 Å². The zero-order valence-electron chi connectivity index (χ0n) is 12.8. The van der Waals surface area contributed by atoms with Crippen LogP contribution < -0.4 is 10.6 Å². The average Bonchev–Trinajstić information content (AvgIpc) is 3.31. The molecule has 2 N–H and O–H groups in total. The van der Waals surface area contributed by atoms with Gasteiger partial charge in [-0.2, -0.15) is 0 Å². The maximum atomic E-state index is 13.0. The third kappa shape index (κ3) is 3.64. The summed E-state index contributed by atoms with van der Waals surface area (Å²) in [5.41, 5.74) is 2.63. The first-order chi connectivity index (χ1) is 11.0. The molecular formula is C18H18ClFN2O. The Labute approximate surface area is 139 Å². The first-order valence-electron chi connectivity index (χ1n) is 7.56. The van der Waals surface area contributed by atoms with Gasteiger partial charge >= 0.3 is 6.03 Å². The van der Waals surface area contributed by atoms with Crippen molar-refractivity contribution in [3.63, 3.8) is 0 Å². The minimum Gasteiger partial charge on any atom is -0.337 e. The predicted octanol–water partition coefficient (Wildman–Crippen LogP) is 4.64. The summed E-state index contributed by atoms with van der Waals surface area (Å²) in [7, 11) is 0. The Morgan fingerprint density at radius 2 is 1.91 bits per heavy atom. The Kier molecular flexibility index (Phi) is 4.26. The number of carbonyl (C=O) groups excluding carboxylic acids is 1. The highest BCUT2D eigenvalue weighted by Gasteiger charge is 2.44. The molecule has 3 nitrogen and oxygen atoms in total. The molecule has 3 rings (SSSR count). The summed E-state index contributed by atoms with van der Waals surface area (Å²) in [5, 5.41) is 6.29. The summed E-state index contributed by atoms with van der Waals surface area (Å²) in [5.74, 6) is -0.244. The summed E-state index contributed by atoms with van der Waals surface area (Å²) in [4.78, 5) is 12.0. The van der Waals surface area contributed by atoms with Crippen LogP contribution in [0.15, 0.2) is 42.5 Å². The van der Waals surface area contributed by atoms with Gasteiger partial charge < -0.3 is 10.6 Å². The number of hydrogen-bond donors (Lipinski definition) is 2. The van der Waals surface area contributed by atoms with Gasteiger partial charge in [0.2, 0.25) is 0 Å². The van der Waals surface area contributed by atoms with Crippen LogP contribution >= 0.6 is 11.6 Å². The maximum absolute atomic E-state index is 13.0. The molecule has 0 spiro atoms. The Bertz CT molecular complexity index is 726. The lowest BCUT2D eigenvalue weighted by molar-refractivity contribution is 0.251. The highest BCUT2D eigenvalue weighted by Crippen LogP contribution is 2.47. The van der Waals surface area contributed by atoms with E-state index in [1.165, 1.54) is 12.1 Å². The van der Waals surface area contributed by atoms with E-state index < -0.39 is 0 Å². The Morgan fingerprint density at radius 1 is 1.22 bits per heavy atom. The number of urea groups is 1. The number of rotatable bonds is 4. The van der Waals surface area contributed by atoms with Crippen molar-refractivity contribution in [3.05, 3.63) is 64.4 Å². The van der Waals surface area contributed by atoms with Gasteiger partial charge in [0.1, 0.15) is 5.82 Å². The molecule has 0 heterocycles. The van der Waals surface area contributed by atoms with Crippen molar-refractivity contribution in [2.75, 3.05) is 11.9 Å². The van der Waals surface area contributed by atoms with Gasteiger partial charge in [0.25, 0.3) is 0 Å². The summed E-state index contributed by atoms with van der Waals surface area (Å²) >= 11 is 6.05. The first-order valence-corrected chi connectivity index (χ1v) is 7.93. The number of amides is 2. The highest BCUT2D eigenvalue weighted by atomic mass is 35.5. The van der Waals surface area contributed by atoms with E-state index in [2.05, 4.69) is 10.6 Å². The number of aryl methyl sites for hydroxylation is 1. The van der Waals surface area contributed by atoms with Crippen LogP contribution in [-0.4, -0.2) is 12.6 Å². The molecule has 23 heavy (non-hydrogen) atoms. The second kappa shape index (κ2) is 6.20. The van der Waals surface area contributed by atoms with Gasteiger partial charge in [0.05, 0.1) is 0 Å². The largest absolute Gasteiger partial charge is 0.337 e. The molecule has 1 aliphatic rings. The summed E-state index contributed by atoms with van der Waals surface area (Å²) in [6.45, 7) is 2.44. The minimum atomic E-state index is -0.265. The smallest absolute Gasteiger partial charge is 0.319 e. The molecular weight excluding hydrogens is 315 g/mol. The number of nitrogens with one attached hydrogen (secondary N) is 2. The predicted molar refractivity (Wildman–Crippen MR) is 90.5 cm³/mol. The van der Waals surface area contributed by atoms with Gasteiger partial charge in [0.15, 0.2) is 0 Å². The summed E-state index contributed by atoms with van der Waals surface area (Å²) < 4.78 is 13.0. The van der Waals surface area contributed by atoms with Crippen LogP contribution in [0.25, 0.3) is 0 Å². The third-order valence-corrected chi connectivity index (χ3v) is 4.73. The molecule has 2 aromatic rings. The molecule has 5 heteroatoms. The minimum absolute atomic E-state index is 0.0596. The Morgan fingerprint density at radius 3 is 2.52 bits per heavy atom. The van der Waals surface area contributed by atoms with Gasteiger partial charge in [-0.25, -0.2) is 9.18 Å². The zero-order chi connectivity index (χ0) is 16.4. The summed E-state index contributed by atoms with van der Waals surface area (Å²) in [6.07, 6.45) is 1.99. The van der Waals surface area contributed by atoms with Gasteiger partial charge in [-0.05, 0) is 55.2 Å². The quantitative estimate of drug-likeness (QED) is 0.841. The third-order valence-electron chi connectivity index (χ3n) is 4.33. The van der Waals surface area contributed by atoms with E-state index in [9.17, 15) is 9.18 Å². The molecule has 0 aromatic heterocycles. The Balaban J connectivity index is 1.58. The number of hydrogen-bond acceptors (Lipinski definition) is 1. The lowest BCUT2D eigenvalue weighted by atomic mass is 9.96.